The number of benzene rings is 1. The van der Waals surface area contributed by atoms with E-state index in [0.717, 1.165) is 17.8 Å². The fraction of sp³-hybridized carbons (Fsp3) is 0.412. The second-order valence-electron chi connectivity index (χ2n) is 5.91. The molecule has 0 aliphatic carbocycles. The van der Waals surface area contributed by atoms with Crippen LogP contribution in [0.5, 0.6) is 0 Å². The molecule has 0 bridgehead atoms. The van der Waals surface area contributed by atoms with E-state index in [2.05, 4.69) is 22.1 Å². The van der Waals surface area contributed by atoms with E-state index in [0.29, 0.717) is 22.7 Å². The van der Waals surface area contributed by atoms with Crippen LogP contribution in [0.2, 0.25) is 5.02 Å². The van der Waals surface area contributed by atoms with Crippen molar-refractivity contribution in [3.8, 4) is 11.3 Å². The maximum atomic E-state index is 12.2. The lowest BCUT2D eigenvalue weighted by Crippen LogP contribution is -2.42. The maximum absolute atomic E-state index is 12.2. The van der Waals surface area contributed by atoms with E-state index in [1.165, 1.54) is 30.6 Å². The van der Waals surface area contributed by atoms with Crippen LogP contribution in [0, 0.1) is 0 Å². The Bertz CT molecular complexity index is 671. The molecule has 1 fully saturated rings. The highest BCUT2D eigenvalue weighted by Gasteiger charge is 2.20. The molecule has 1 aromatic heterocycles. The van der Waals surface area contributed by atoms with Crippen LogP contribution in [-0.2, 0) is 4.79 Å². The van der Waals surface area contributed by atoms with Gasteiger partial charge < -0.3 is 5.32 Å². The number of halogens is 1. The summed E-state index contributed by atoms with van der Waals surface area (Å²) < 4.78 is 0. The largest absolute Gasteiger partial charge is 0.301 e. The summed E-state index contributed by atoms with van der Waals surface area (Å²) in [6.45, 7) is 3.63. The highest BCUT2D eigenvalue weighted by Crippen LogP contribution is 2.26. The Morgan fingerprint density at radius 2 is 2.17 bits per heavy atom. The first kappa shape index (κ1) is 16.4. The number of nitrogens with one attached hydrogen (secondary N) is 1. The van der Waals surface area contributed by atoms with Crippen molar-refractivity contribution >= 4 is 34.0 Å². The molecule has 0 spiro atoms. The van der Waals surface area contributed by atoms with Crippen LogP contribution >= 0.6 is 22.9 Å². The maximum Gasteiger partial charge on any atom is 0.240 e. The summed E-state index contributed by atoms with van der Waals surface area (Å²) in [7, 11) is 0. The van der Waals surface area contributed by atoms with Crippen molar-refractivity contribution in [3.63, 3.8) is 0 Å². The molecular weight excluding hydrogens is 330 g/mol. The molecular formula is C17H20ClN3OS. The summed E-state index contributed by atoms with van der Waals surface area (Å²) in [6, 6.07) is 8.02. The predicted molar refractivity (Wildman–Crippen MR) is 96.1 cm³/mol. The minimum Gasteiger partial charge on any atom is -0.301 e. The van der Waals surface area contributed by atoms with Crippen LogP contribution in [0.25, 0.3) is 11.3 Å². The third-order valence-electron chi connectivity index (χ3n) is 4.18. The van der Waals surface area contributed by atoms with Crippen LogP contribution < -0.4 is 5.32 Å². The molecule has 3 rings (SSSR count). The zero-order valence-electron chi connectivity index (χ0n) is 13.1. The molecule has 23 heavy (non-hydrogen) atoms. The average molecular weight is 350 g/mol. The van der Waals surface area contributed by atoms with Crippen molar-refractivity contribution in [1.82, 2.24) is 9.88 Å². The van der Waals surface area contributed by atoms with Crippen molar-refractivity contribution in [2.24, 2.45) is 0 Å². The van der Waals surface area contributed by atoms with Gasteiger partial charge in [0.15, 0.2) is 5.13 Å². The minimum atomic E-state index is 0.00996. The smallest absolute Gasteiger partial charge is 0.240 e. The number of rotatable bonds is 4. The van der Waals surface area contributed by atoms with E-state index in [9.17, 15) is 4.79 Å². The third-order valence-corrected chi connectivity index (χ3v) is 5.19. The molecule has 0 unspecified atom stereocenters. The molecule has 1 aromatic carbocycles. The Balaban J connectivity index is 1.60. The summed E-state index contributed by atoms with van der Waals surface area (Å²) >= 11 is 7.34. The molecule has 1 amide bonds. The molecule has 0 radical (unpaired) electrons. The molecule has 1 aliphatic heterocycles. The van der Waals surface area contributed by atoms with Crippen molar-refractivity contribution < 1.29 is 4.79 Å². The zero-order chi connectivity index (χ0) is 16.2. The normalized spacial score (nSPS) is 18.8. The second kappa shape index (κ2) is 7.43. The summed E-state index contributed by atoms with van der Waals surface area (Å²) in [5, 5.41) is 6.20. The monoisotopic (exact) mass is 349 g/mol. The zero-order valence-corrected chi connectivity index (χ0v) is 14.7. The van der Waals surface area contributed by atoms with E-state index in [-0.39, 0.29) is 5.91 Å². The van der Waals surface area contributed by atoms with E-state index in [4.69, 9.17) is 11.6 Å². The standard InChI is InChI=1S/C17H20ClN3OS/c1-12-4-2-3-9-21(12)10-16(22)20-17-19-15(11-23-17)13-5-7-14(18)8-6-13/h5-8,11-12H,2-4,9-10H2,1H3,(H,19,20,22)/t12-/m0/s1. The molecule has 1 atom stereocenters. The van der Waals surface area contributed by atoms with Gasteiger partial charge in [-0.25, -0.2) is 4.98 Å². The lowest BCUT2D eigenvalue weighted by Gasteiger charge is -2.32. The molecule has 6 heteroatoms. The van der Waals surface area contributed by atoms with Gasteiger partial charge in [0.2, 0.25) is 5.91 Å². The Morgan fingerprint density at radius 3 is 2.91 bits per heavy atom. The number of carbonyl (C=O) groups is 1. The van der Waals surface area contributed by atoms with Crippen molar-refractivity contribution in [2.75, 3.05) is 18.4 Å². The lowest BCUT2D eigenvalue weighted by atomic mass is 10.0. The lowest BCUT2D eigenvalue weighted by molar-refractivity contribution is -0.118. The average Bonchev–Trinajstić information content (AvgIpc) is 2.98. The highest BCUT2D eigenvalue weighted by molar-refractivity contribution is 7.14. The number of anilines is 1. The summed E-state index contributed by atoms with van der Waals surface area (Å²) in [5.74, 6) is 0.00996. The summed E-state index contributed by atoms with van der Waals surface area (Å²) in [6.07, 6.45) is 3.61. The quantitative estimate of drug-likeness (QED) is 0.896. The second-order valence-corrected chi connectivity index (χ2v) is 7.20. The van der Waals surface area contributed by atoms with Gasteiger partial charge in [-0.2, -0.15) is 0 Å². The number of likely N-dealkylation sites (tertiary alicyclic amines) is 1. The van der Waals surface area contributed by atoms with E-state index >= 15 is 0 Å². The van der Waals surface area contributed by atoms with E-state index in [1.807, 2.05) is 29.6 Å². The number of hydrogen-bond donors (Lipinski definition) is 1. The molecule has 1 N–H and O–H groups in total. The van der Waals surface area contributed by atoms with Crippen LogP contribution in [0.1, 0.15) is 26.2 Å². The first-order chi connectivity index (χ1) is 11.1. The van der Waals surface area contributed by atoms with Gasteiger partial charge in [-0.15, -0.1) is 11.3 Å². The number of carbonyl (C=O) groups excluding carboxylic acids is 1. The number of piperidine rings is 1. The van der Waals surface area contributed by atoms with Crippen molar-refractivity contribution in [3.05, 3.63) is 34.7 Å². The molecule has 1 saturated heterocycles. The molecule has 1 aliphatic rings. The van der Waals surface area contributed by atoms with Crippen molar-refractivity contribution in [1.29, 1.82) is 0 Å². The Kier molecular flexibility index (Phi) is 5.30. The van der Waals surface area contributed by atoms with Crippen LogP contribution in [0.3, 0.4) is 0 Å². The summed E-state index contributed by atoms with van der Waals surface area (Å²) in [4.78, 5) is 18.9. The molecule has 2 heterocycles. The Hall–Kier alpha value is -1.43. The fourth-order valence-corrected chi connectivity index (χ4v) is 3.68. The topological polar surface area (TPSA) is 45.2 Å². The van der Waals surface area contributed by atoms with E-state index < -0.39 is 0 Å². The Morgan fingerprint density at radius 1 is 1.39 bits per heavy atom. The molecule has 2 aromatic rings. The van der Waals surface area contributed by atoms with Gasteiger partial charge in [-0.3, -0.25) is 9.69 Å². The summed E-state index contributed by atoms with van der Waals surface area (Å²) in [5.41, 5.74) is 1.85. The van der Waals surface area contributed by atoms with Crippen LogP contribution in [0.15, 0.2) is 29.6 Å². The molecule has 4 nitrogen and oxygen atoms in total. The van der Waals surface area contributed by atoms with Crippen molar-refractivity contribution in [2.45, 2.75) is 32.2 Å². The minimum absolute atomic E-state index is 0.00996. The van der Waals surface area contributed by atoms with Crippen LogP contribution in [0.4, 0.5) is 5.13 Å². The van der Waals surface area contributed by atoms with E-state index in [1.54, 1.807) is 0 Å². The van der Waals surface area contributed by atoms with Gasteiger partial charge >= 0.3 is 0 Å². The SMILES string of the molecule is C[C@H]1CCCCN1CC(=O)Nc1nc(-c2ccc(Cl)cc2)cs1. The third kappa shape index (κ3) is 4.31. The van der Waals surface area contributed by atoms with Gasteiger partial charge in [0, 0.05) is 22.0 Å². The van der Waals surface area contributed by atoms with Gasteiger partial charge in [0.1, 0.15) is 0 Å². The van der Waals surface area contributed by atoms with Gasteiger partial charge in [0.25, 0.3) is 0 Å². The number of nitrogens with zero attached hydrogens (tertiary/aromatic N) is 2. The number of amides is 1. The first-order valence-electron chi connectivity index (χ1n) is 7.87. The highest BCUT2D eigenvalue weighted by atomic mass is 35.5. The predicted octanol–water partition coefficient (Wildman–Crippen LogP) is 4.28. The molecule has 0 saturated carbocycles. The molecule has 122 valence electrons. The van der Waals surface area contributed by atoms with Gasteiger partial charge in [0.05, 0.1) is 12.2 Å². The Labute approximate surface area is 145 Å². The van der Waals surface area contributed by atoms with Crippen LogP contribution in [-0.4, -0.2) is 34.9 Å². The number of hydrogen-bond acceptors (Lipinski definition) is 4. The number of aromatic nitrogens is 1. The fourth-order valence-electron chi connectivity index (χ4n) is 2.82. The first-order valence-corrected chi connectivity index (χ1v) is 9.13. The van der Waals surface area contributed by atoms with Gasteiger partial charge in [-0.1, -0.05) is 30.2 Å². The van der Waals surface area contributed by atoms with Gasteiger partial charge in [-0.05, 0) is 38.4 Å². The number of thiazole rings is 1.